The highest BCUT2D eigenvalue weighted by Gasteiger charge is 2.13. The fourth-order valence-corrected chi connectivity index (χ4v) is 3.41. The Hall–Kier alpha value is -2.58. The first-order valence-corrected chi connectivity index (χ1v) is 9.09. The summed E-state index contributed by atoms with van der Waals surface area (Å²) in [6, 6.07) is 13.5. The van der Waals surface area contributed by atoms with Crippen molar-refractivity contribution in [3.63, 3.8) is 0 Å². The minimum atomic E-state index is -2.87. The molecule has 1 N–H and O–H groups in total. The molecule has 5 nitrogen and oxygen atoms in total. The van der Waals surface area contributed by atoms with Crippen LogP contribution in [0.2, 0.25) is 0 Å². The van der Waals surface area contributed by atoms with Crippen molar-refractivity contribution in [3.05, 3.63) is 66.5 Å². The Kier molecular flexibility index (Phi) is 6.31. The van der Waals surface area contributed by atoms with Gasteiger partial charge in [0, 0.05) is 24.2 Å². The number of hydrogen-bond acceptors (Lipinski definition) is 5. The standard InChI is InChI=1S/C19H18F2N2O3S/c1-25-16-4-2-3-14(11-16)23-10-9-22-19(23)27-12-17(24)13-5-7-15(8-6-13)26-18(20)21/h2-11,17-18,24H,12H2,1H3. The van der Waals surface area contributed by atoms with Crippen LogP contribution in [0.15, 0.2) is 66.1 Å². The van der Waals surface area contributed by atoms with E-state index in [0.717, 1.165) is 16.6 Å². The summed E-state index contributed by atoms with van der Waals surface area (Å²) in [4.78, 5) is 4.33. The third-order valence-electron chi connectivity index (χ3n) is 3.80. The Morgan fingerprint density at radius 2 is 1.93 bits per heavy atom. The first-order valence-electron chi connectivity index (χ1n) is 8.10. The maximum absolute atomic E-state index is 12.2. The number of aliphatic hydroxyl groups excluding tert-OH is 1. The Balaban J connectivity index is 1.66. The van der Waals surface area contributed by atoms with Gasteiger partial charge >= 0.3 is 6.61 Å². The summed E-state index contributed by atoms with van der Waals surface area (Å²) < 4.78 is 35.8. The van der Waals surface area contributed by atoms with Gasteiger partial charge in [-0.15, -0.1) is 0 Å². The molecule has 1 unspecified atom stereocenters. The number of rotatable bonds is 8. The maximum atomic E-state index is 12.2. The van der Waals surface area contributed by atoms with Crippen LogP contribution in [0, 0.1) is 0 Å². The van der Waals surface area contributed by atoms with E-state index in [1.165, 1.54) is 23.9 Å². The van der Waals surface area contributed by atoms with E-state index in [2.05, 4.69) is 9.72 Å². The van der Waals surface area contributed by atoms with E-state index >= 15 is 0 Å². The number of aromatic nitrogens is 2. The second-order valence-corrected chi connectivity index (χ2v) is 6.54. The molecule has 0 fully saturated rings. The number of ether oxygens (including phenoxy) is 2. The van der Waals surface area contributed by atoms with Crippen molar-refractivity contribution in [3.8, 4) is 17.2 Å². The van der Waals surface area contributed by atoms with Gasteiger partial charge in [0.15, 0.2) is 5.16 Å². The Morgan fingerprint density at radius 1 is 1.15 bits per heavy atom. The van der Waals surface area contributed by atoms with Crippen LogP contribution >= 0.6 is 11.8 Å². The number of aliphatic hydroxyl groups is 1. The smallest absolute Gasteiger partial charge is 0.387 e. The van der Waals surface area contributed by atoms with Gasteiger partial charge in [-0.2, -0.15) is 8.78 Å². The molecule has 27 heavy (non-hydrogen) atoms. The van der Waals surface area contributed by atoms with E-state index in [4.69, 9.17) is 4.74 Å². The molecule has 3 aromatic rings. The lowest BCUT2D eigenvalue weighted by atomic mass is 10.1. The molecule has 1 atom stereocenters. The lowest BCUT2D eigenvalue weighted by Gasteiger charge is -2.13. The van der Waals surface area contributed by atoms with Crippen molar-refractivity contribution in [2.24, 2.45) is 0 Å². The van der Waals surface area contributed by atoms with Crippen molar-refractivity contribution >= 4 is 11.8 Å². The van der Waals surface area contributed by atoms with E-state index in [-0.39, 0.29) is 5.75 Å². The van der Waals surface area contributed by atoms with Crippen LogP contribution in [-0.4, -0.2) is 34.1 Å². The van der Waals surface area contributed by atoms with E-state index in [9.17, 15) is 13.9 Å². The third kappa shape index (κ3) is 4.99. The summed E-state index contributed by atoms with van der Waals surface area (Å²) in [5, 5.41) is 11.1. The first kappa shape index (κ1) is 19.2. The second-order valence-electron chi connectivity index (χ2n) is 5.56. The third-order valence-corrected chi connectivity index (χ3v) is 4.84. The highest BCUT2D eigenvalue weighted by molar-refractivity contribution is 7.99. The molecular formula is C19H18F2N2O3S. The number of imidazole rings is 1. The molecule has 0 saturated heterocycles. The fourth-order valence-electron chi connectivity index (χ4n) is 2.47. The SMILES string of the molecule is COc1cccc(-n2ccnc2SCC(O)c2ccc(OC(F)F)cc2)c1. The van der Waals surface area contributed by atoms with Crippen molar-refractivity contribution in [1.82, 2.24) is 9.55 Å². The van der Waals surface area contributed by atoms with Gasteiger partial charge in [0.25, 0.3) is 0 Å². The molecule has 0 amide bonds. The monoisotopic (exact) mass is 392 g/mol. The Bertz CT molecular complexity index is 871. The number of alkyl halides is 2. The molecule has 1 heterocycles. The molecule has 0 bridgehead atoms. The van der Waals surface area contributed by atoms with Crippen molar-refractivity contribution in [2.45, 2.75) is 17.9 Å². The van der Waals surface area contributed by atoms with Crippen molar-refractivity contribution < 1.29 is 23.4 Å². The number of halogens is 2. The zero-order chi connectivity index (χ0) is 19.2. The van der Waals surface area contributed by atoms with Gasteiger partial charge in [0.2, 0.25) is 0 Å². The summed E-state index contributed by atoms with van der Waals surface area (Å²) in [6.07, 6.45) is 2.75. The van der Waals surface area contributed by atoms with Gasteiger partial charge < -0.3 is 14.6 Å². The zero-order valence-corrected chi connectivity index (χ0v) is 15.3. The lowest BCUT2D eigenvalue weighted by molar-refractivity contribution is -0.0498. The molecule has 2 aromatic carbocycles. The quantitative estimate of drug-likeness (QED) is 0.579. The van der Waals surface area contributed by atoms with Crippen LogP contribution < -0.4 is 9.47 Å². The summed E-state index contributed by atoms with van der Waals surface area (Å²) in [5.74, 6) is 1.15. The largest absolute Gasteiger partial charge is 0.497 e. The van der Waals surface area contributed by atoms with Crippen LogP contribution in [0.25, 0.3) is 5.69 Å². The first-order chi connectivity index (χ1) is 13.1. The minimum absolute atomic E-state index is 0.0576. The predicted octanol–water partition coefficient (Wildman–Crippen LogP) is 4.31. The molecule has 0 aliphatic rings. The number of methoxy groups -OCH3 is 1. The van der Waals surface area contributed by atoms with Crippen LogP contribution in [0.1, 0.15) is 11.7 Å². The summed E-state index contributed by atoms with van der Waals surface area (Å²) in [6.45, 7) is -2.87. The van der Waals surface area contributed by atoms with Crippen LogP contribution in [-0.2, 0) is 0 Å². The molecule has 0 aliphatic carbocycles. The number of hydrogen-bond donors (Lipinski definition) is 1. The van der Waals surface area contributed by atoms with E-state index in [1.807, 2.05) is 35.0 Å². The van der Waals surface area contributed by atoms with E-state index < -0.39 is 12.7 Å². The van der Waals surface area contributed by atoms with Gasteiger partial charge in [-0.1, -0.05) is 30.0 Å². The second kappa shape index (κ2) is 8.88. The summed E-state index contributed by atoms with van der Waals surface area (Å²) in [7, 11) is 1.61. The van der Waals surface area contributed by atoms with E-state index in [0.29, 0.717) is 11.3 Å². The minimum Gasteiger partial charge on any atom is -0.497 e. The highest BCUT2D eigenvalue weighted by atomic mass is 32.2. The van der Waals surface area contributed by atoms with Crippen molar-refractivity contribution in [2.75, 3.05) is 12.9 Å². The average molecular weight is 392 g/mol. The van der Waals surface area contributed by atoms with Gasteiger partial charge in [0.05, 0.1) is 18.9 Å². The maximum Gasteiger partial charge on any atom is 0.387 e. The molecule has 3 rings (SSSR count). The lowest BCUT2D eigenvalue weighted by Crippen LogP contribution is -2.04. The molecule has 0 saturated carbocycles. The van der Waals surface area contributed by atoms with Crippen molar-refractivity contribution in [1.29, 1.82) is 0 Å². The molecule has 0 aliphatic heterocycles. The van der Waals surface area contributed by atoms with Gasteiger partial charge in [0.1, 0.15) is 11.5 Å². The van der Waals surface area contributed by atoms with Gasteiger partial charge in [-0.25, -0.2) is 4.98 Å². The van der Waals surface area contributed by atoms with Crippen LogP contribution in [0.5, 0.6) is 11.5 Å². The molecule has 1 aromatic heterocycles. The normalized spacial score (nSPS) is 12.2. The summed E-state index contributed by atoms with van der Waals surface area (Å²) >= 11 is 1.39. The Morgan fingerprint density at radius 3 is 2.63 bits per heavy atom. The number of benzene rings is 2. The highest BCUT2D eigenvalue weighted by Crippen LogP contribution is 2.28. The summed E-state index contributed by atoms with van der Waals surface area (Å²) in [5.41, 5.74) is 1.51. The molecule has 8 heteroatoms. The molecule has 0 spiro atoms. The van der Waals surface area contributed by atoms with Gasteiger partial charge in [-0.05, 0) is 29.8 Å². The van der Waals surface area contributed by atoms with Crippen LogP contribution in [0.3, 0.4) is 0 Å². The molecule has 0 radical (unpaired) electrons. The zero-order valence-electron chi connectivity index (χ0n) is 14.5. The topological polar surface area (TPSA) is 56.5 Å². The molecule has 142 valence electrons. The average Bonchev–Trinajstić information content (AvgIpc) is 3.15. The molecular weight excluding hydrogens is 374 g/mol. The van der Waals surface area contributed by atoms with Gasteiger partial charge in [-0.3, -0.25) is 4.57 Å². The van der Waals surface area contributed by atoms with E-state index in [1.54, 1.807) is 25.4 Å². The number of thioether (sulfide) groups is 1. The van der Waals surface area contributed by atoms with Crippen LogP contribution in [0.4, 0.5) is 8.78 Å². The Labute approximate surface area is 159 Å². The predicted molar refractivity (Wildman–Crippen MR) is 98.9 cm³/mol. The fraction of sp³-hybridized carbons (Fsp3) is 0.211. The number of nitrogens with zero attached hydrogens (tertiary/aromatic N) is 2.